The van der Waals surface area contributed by atoms with Gasteiger partial charge in [-0.05, 0) is 42.0 Å². The summed E-state index contributed by atoms with van der Waals surface area (Å²) in [5.41, 5.74) is 1.80. The van der Waals surface area contributed by atoms with Crippen molar-refractivity contribution >= 4 is 51.2 Å². The molecule has 0 aliphatic carbocycles. The van der Waals surface area contributed by atoms with Crippen LogP contribution < -0.4 is 19.1 Å². The number of imidazole rings is 1. The number of Topliss-reactive ketones (excluding diaryl/α,β-unsaturated/α-hetero) is 1. The monoisotopic (exact) mass is 559 g/mol. The molecule has 0 spiro atoms. The van der Waals surface area contributed by atoms with Crippen molar-refractivity contribution in [2.75, 3.05) is 26.2 Å². The average Bonchev–Trinajstić information content (AvgIpc) is 3.65. The number of hydrogen-bond donors (Lipinski definition) is 2. The second-order valence-corrected chi connectivity index (χ2v) is 9.46. The number of halogens is 1. The third-order valence-electron chi connectivity index (χ3n) is 6.76. The molecular formula is C29H22ClN3O7. The molecule has 1 atom stereocenters. The van der Waals surface area contributed by atoms with Crippen molar-refractivity contribution in [1.82, 2.24) is 9.97 Å². The molecule has 5 aromatic rings. The number of furan rings is 1. The normalized spacial score (nSPS) is 15.3. The molecule has 1 unspecified atom stereocenters. The van der Waals surface area contributed by atoms with Gasteiger partial charge in [0.05, 0.1) is 44.0 Å². The Morgan fingerprint density at radius 3 is 2.55 bits per heavy atom. The van der Waals surface area contributed by atoms with Crippen molar-refractivity contribution in [3.05, 3.63) is 88.3 Å². The number of aliphatic hydroxyl groups is 1. The van der Waals surface area contributed by atoms with E-state index in [2.05, 4.69) is 9.97 Å². The lowest BCUT2D eigenvalue weighted by molar-refractivity contribution is -0.117. The number of hydrogen-bond acceptors (Lipinski definition) is 8. The summed E-state index contributed by atoms with van der Waals surface area (Å²) in [6.45, 7) is 0. The van der Waals surface area contributed by atoms with E-state index in [9.17, 15) is 14.7 Å². The summed E-state index contributed by atoms with van der Waals surface area (Å²) in [6.07, 6.45) is 0. The second kappa shape index (κ2) is 9.65. The molecule has 1 aliphatic rings. The standard InChI is InChI=1S/C29H22ClN3O7/c1-37-17-6-4-5-14(10-17)24-23(25(34)21-11-15-9-16(30)12-22(39-3)27(15)40-21)26(35)28(36)33(24)29-31-19-8-7-18(38-2)13-20(19)32-29/h4-13,24,35H,1-3H3,(H,31,32). The van der Waals surface area contributed by atoms with Crippen molar-refractivity contribution in [3.8, 4) is 17.2 Å². The minimum absolute atomic E-state index is 0.103. The van der Waals surface area contributed by atoms with E-state index >= 15 is 0 Å². The first-order valence-corrected chi connectivity index (χ1v) is 12.5. The van der Waals surface area contributed by atoms with Gasteiger partial charge >= 0.3 is 0 Å². The average molecular weight is 560 g/mol. The third kappa shape index (κ3) is 4.00. The largest absolute Gasteiger partial charge is 0.503 e. The number of aliphatic hydroxyl groups excluding tert-OH is 1. The number of methoxy groups -OCH3 is 3. The zero-order valence-electron chi connectivity index (χ0n) is 21.5. The fourth-order valence-electron chi connectivity index (χ4n) is 4.88. The van der Waals surface area contributed by atoms with Gasteiger partial charge in [-0.15, -0.1) is 0 Å². The molecular weight excluding hydrogens is 538 g/mol. The first-order chi connectivity index (χ1) is 19.3. The lowest BCUT2D eigenvalue weighted by atomic mass is 9.95. The van der Waals surface area contributed by atoms with E-state index < -0.39 is 23.5 Å². The molecule has 1 amide bonds. The molecule has 11 heteroatoms. The number of carbonyl (C=O) groups is 2. The van der Waals surface area contributed by atoms with Crippen LogP contribution in [0.25, 0.3) is 22.0 Å². The number of carbonyl (C=O) groups excluding carboxylic acids is 2. The summed E-state index contributed by atoms with van der Waals surface area (Å²) >= 11 is 6.19. The molecule has 202 valence electrons. The Bertz CT molecular complexity index is 1860. The molecule has 2 aromatic heterocycles. The highest BCUT2D eigenvalue weighted by molar-refractivity contribution is 6.31. The zero-order chi connectivity index (χ0) is 28.1. The van der Waals surface area contributed by atoms with E-state index in [0.717, 1.165) is 0 Å². The van der Waals surface area contributed by atoms with Crippen LogP contribution in [0.5, 0.6) is 17.2 Å². The molecule has 0 radical (unpaired) electrons. The van der Waals surface area contributed by atoms with Gasteiger partial charge in [0, 0.05) is 22.5 Å². The SMILES string of the molecule is COc1cccc(C2C(C(=O)c3cc4cc(Cl)cc(OC)c4o3)=C(O)C(=O)N2c2nc3ccc(OC)cc3[nH]2)c1. The Hall–Kier alpha value is -4.96. The topological polar surface area (TPSA) is 127 Å². The van der Waals surface area contributed by atoms with Gasteiger partial charge in [0.15, 0.2) is 22.9 Å². The van der Waals surface area contributed by atoms with Gasteiger partial charge in [-0.3, -0.25) is 14.5 Å². The van der Waals surface area contributed by atoms with Crippen LogP contribution in [-0.2, 0) is 4.79 Å². The van der Waals surface area contributed by atoms with Crippen molar-refractivity contribution in [3.63, 3.8) is 0 Å². The molecule has 0 saturated heterocycles. The zero-order valence-corrected chi connectivity index (χ0v) is 22.3. The van der Waals surface area contributed by atoms with Crippen molar-refractivity contribution in [1.29, 1.82) is 0 Å². The Labute approximate surface area is 232 Å². The van der Waals surface area contributed by atoms with Gasteiger partial charge in [0.25, 0.3) is 5.91 Å². The first kappa shape index (κ1) is 25.3. The van der Waals surface area contributed by atoms with E-state index in [4.69, 9.17) is 30.2 Å². The number of nitrogens with zero attached hydrogens (tertiary/aromatic N) is 2. The van der Waals surface area contributed by atoms with Crippen LogP contribution >= 0.6 is 11.6 Å². The van der Waals surface area contributed by atoms with Crippen LogP contribution in [0.4, 0.5) is 5.95 Å². The molecule has 0 saturated carbocycles. The highest BCUT2D eigenvalue weighted by Gasteiger charge is 2.46. The third-order valence-corrected chi connectivity index (χ3v) is 6.98. The lowest BCUT2D eigenvalue weighted by Gasteiger charge is -2.24. The summed E-state index contributed by atoms with van der Waals surface area (Å²) < 4.78 is 21.9. The number of fused-ring (bicyclic) bond motifs is 2. The van der Waals surface area contributed by atoms with E-state index in [-0.39, 0.29) is 17.3 Å². The van der Waals surface area contributed by atoms with Crippen molar-refractivity contribution < 1.29 is 33.3 Å². The molecule has 0 bridgehead atoms. The van der Waals surface area contributed by atoms with Crippen LogP contribution in [0, 0.1) is 0 Å². The van der Waals surface area contributed by atoms with Gasteiger partial charge in [-0.25, -0.2) is 4.98 Å². The number of aromatic nitrogens is 2. The van der Waals surface area contributed by atoms with Gasteiger partial charge in [-0.1, -0.05) is 23.7 Å². The van der Waals surface area contributed by atoms with Crippen LogP contribution in [0.1, 0.15) is 22.2 Å². The van der Waals surface area contributed by atoms with E-state index in [1.807, 2.05) is 0 Å². The number of ketones is 1. The maximum Gasteiger partial charge on any atom is 0.296 e. The highest BCUT2D eigenvalue weighted by Crippen LogP contribution is 2.43. The number of ether oxygens (including phenoxy) is 3. The fourth-order valence-corrected chi connectivity index (χ4v) is 5.10. The maximum atomic E-state index is 14.0. The van der Waals surface area contributed by atoms with E-state index in [0.29, 0.717) is 49.8 Å². The minimum Gasteiger partial charge on any atom is -0.503 e. The summed E-state index contributed by atoms with van der Waals surface area (Å²) in [4.78, 5) is 36.5. The summed E-state index contributed by atoms with van der Waals surface area (Å²) in [5, 5.41) is 12.1. The van der Waals surface area contributed by atoms with Crippen molar-refractivity contribution in [2.45, 2.75) is 6.04 Å². The second-order valence-electron chi connectivity index (χ2n) is 9.03. The molecule has 3 heterocycles. The predicted octanol–water partition coefficient (Wildman–Crippen LogP) is 5.77. The van der Waals surface area contributed by atoms with Crippen LogP contribution in [0.2, 0.25) is 5.02 Å². The summed E-state index contributed by atoms with van der Waals surface area (Å²) in [5.74, 6) is -0.750. The van der Waals surface area contributed by atoms with Crippen molar-refractivity contribution in [2.24, 2.45) is 0 Å². The smallest absolute Gasteiger partial charge is 0.296 e. The number of nitrogens with one attached hydrogen (secondary N) is 1. The minimum atomic E-state index is -1.06. The van der Waals surface area contributed by atoms with Crippen LogP contribution in [0.15, 0.2) is 76.4 Å². The number of amides is 1. The van der Waals surface area contributed by atoms with Crippen LogP contribution in [0.3, 0.4) is 0 Å². The van der Waals surface area contributed by atoms with Crippen LogP contribution in [-0.4, -0.2) is 48.1 Å². The van der Waals surface area contributed by atoms with Gasteiger partial charge in [0.2, 0.25) is 11.7 Å². The molecule has 1 aliphatic heterocycles. The summed E-state index contributed by atoms with van der Waals surface area (Å²) in [7, 11) is 4.51. The first-order valence-electron chi connectivity index (χ1n) is 12.1. The molecule has 0 fully saturated rings. The fraction of sp³-hybridized carbons (Fsp3) is 0.138. The number of rotatable bonds is 7. The lowest BCUT2D eigenvalue weighted by Crippen LogP contribution is -2.32. The quantitative estimate of drug-likeness (QED) is 0.241. The van der Waals surface area contributed by atoms with Gasteiger partial charge in [-0.2, -0.15) is 0 Å². The maximum absolute atomic E-state index is 14.0. The molecule has 2 N–H and O–H groups in total. The summed E-state index contributed by atoms with van der Waals surface area (Å²) in [6, 6.07) is 15.7. The van der Waals surface area contributed by atoms with Gasteiger partial charge < -0.3 is 28.7 Å². The highest BCUT2D eigenvalue weighted by atomic mass is 35.5. The number of anilines is 1. The van der Waals surface area contributed by atoms with E-state index in [1.165, 1.54) is 25.2 Å². The Morgan fingerprint density at radius 2 is 1.80 bits per heavy atom. The molecule has 6 rings (SSSR count). The molecule has 40 heavy (non-hydrogen) atoms. The number of benzene rings is 3. The predicted molar refractivity (Wildman–Crippen MR) is 148 cm³/mol. The Kier molecular flexibility index (Phi) is 6.11. The van der Waals surface area contributed by atoms with Gasteiger partial charge in [0.1, 0.15) is 11.5 Å². The molecule has 10 nitrogen and oxygen atoms in total. The number of aromatic amines is 1. The Balaban J connectivity index is 1.51. The van der Waals surface area contributed by atoms with E-state index in [1.54, 1.807) is 61.7 Å². The molecule has 3 aromatic carbocycles. The Morgan fingerprint density at radius 1 is 1.02 bits per heavy atom. The number of H-pyrrole nitrogens is 1.